The summed E-state index contributed by atoms with van der Waals surface area (Å²) in [7, 11) is 0. The van der Waals surface area contributed by atoms with Gasteiger partial charge in [0.25, 0.3) is 17.5 Å². The van der Waals surface area contributed by atoms with Crippen molar-refractivity contribution in [3.63, 3.8) is 0 Å². The van der Waals surface area contributed by atoms with Crippen LogP contribution in [-0.4, -0.2) is 21.9 Å². The Bertz CT molecular complexity index is 1440. The summed E-state index contributed by atoms with van der Waals surface area (Å²) in [6, 6.07) is 14.6. The van der Waals surface area contributed by atoms with Crippen molar-refractivity contribution in [1.82, 2.24) is 5.32 Å². The van der Waals surface area contributed by atoms with Crippen molar-refractivity contribution in [2.45, 2.75) is 6.61 Å². The predicted octanol–water partition coefficient (Wildman–Crippen LogP) is 5.56. The van der Waals surface area contributed by atoms with E-state index in [9.17, 15) is 24.1 Å². The third kappa shape index (κ3) is 5.27. The standard InChI is InChI=1S/C24H14BrClFN3O5S/c25-17-10-14(11-18(26)21(17)35-12-13-4-3-5-15(8-13)30(33)34)9-16-22(31)28-24(36)29(23(16)32)20-7-2-1-6-19(20)27/h1-11H,12H2,(H,28,31,36)/b16-9+. The molecule has 12 heteroatoms. The second-order valence-electron chi connectivity index (χ2n) is 7.44. The van der Waals surface area contributed by atoms with Gasteiger partial charge >= 0.3 is 0 Å². The van der Waals surface area contributed by atoms with E-state index in [0.717, 1.165) is 4.90 Å². The first-order valence-electron chi connectivity index (χ1n) is 10.2. The number of nitro benzene ring substituents is 1. The van der Waals surface area contributed by atoms with E-state index in [1.54, 1.807) is 18.2 Å². The number of non-ortho nitro benzene ring substituents is 1. The maximum absolute atomic E-state index is 14.3. The zero-order valence-electron chi connectivity index (χ0n) is 18.0. The van der Waals surface area contributed by atoms with Gasteiger partial charge in [-0.05, 0) is 69.6 Å². The lowest BCUT2D eigenvalue weighted by atomic mass is 10.1. The van der Waals surface area contributed by atoms with Crippen molar-refractivity contribution >= 4 is 74.1 Å². The molecule has 0 bridgehead atoms. The molecule has 1 heterocycles. The van der Waals surface area contributed by atoms with Crippen molar-refractivity contribution in [1.29, 1.82) is 0 Å². The molecule has 0 saturated carbocycles. The average Bonchev–Trinajstić information content (AvgIpc) is 2.82. The molecule has 1 aliphatic heterocycles. The second kappa shape index (κ2) is 10.5. The number of benzene rings is 3. The van der Waals surface area contributed by atoms with Crippen molar-refractivity contribution in [3.8, 4) is 5.75 Å². The quantitative estimate of drug-likeness (QED) is 0.133. The maximum Gasteiger partial charge on any atom is 0.270 e. The number of ether oxygens (including phenoxy) is 1. The van der Waals surface area contributed by atoms with Gasteiger partial charge in [0, 0.05) is 12.1 Å². The van der Waals surface area contributed by atoms with Crippen LogP contribution in [0.5, 0.6) is 5.75 Å². The molecular formula is C24H14BrClFN3O5S. The first-order valence-corrected chi connectivity index (χ1v) is 11.7. The van der Waals surface area contributed by atoms with Gasteiger partial charge in [-0.1, -0.05) is 35.9 Å². The average molecular weight is 591 g/mol. The molecule has 3 aromatic carbocycles. The van der Waals surface area contributed by atoms with E-state index in [-0.39, 0.29) is 39.4 Å². The summed E-state index contributed by atoms with van der Waals surface area (Å²) in [6.45, 7) is 0.0103. The highest BCUT2D eigenvalue weighted by molar-refractivity contribution is 9.10. The molecule has 36 heavy (non-hydrogen) atoms. The number of nitrogens with one attached hydrogen (secondary N) is 1. The number of thiocarbonyl (C=S) groups is 1. The van der Waals surface area contributed by atoms with E-state index in [0.29, 0.717) is 15.6 Å². The molecule has 2 amide bonds. The molecule has 1 fully saturated rings. The highest BCUT2D eigenvalue weighted by atomic mass is 79.9. The van der Waals surface area contributed by atoms with Gasteiger partial charge in [-0.15, -0.1) is 0 Å². The van der Waals surface area contributed by atoms with Crippen LogP contribution in [-0.2, 0) is 16.2 Å². The van der Waals surface area contributed by atoms with Gasteiger partial charge in [0.1, 0.15) is 18.0 Å². The number of halogens is 3. The van der Waals surface area contributed by atoms with Crippen LogP contribution in [0, 0.1) is 15.9 Å². The van der Waals surface area contributed by atoms with Gasteiger partial charge in [-0.2, -0.15) is 0 Å². The number of nitro groups is 1. The Labute approximate surface area is 222 Å². The van der Waals surface area contributed by atoms with E-state index in [4.69, 9.17) is 28.6 Å². The number of amides is 2. The fourth-order valence-corrected chi connectivity index (χ4v) is 4.65. The molecule has 0 atom stereocenters. The molecule has 0 unspecified atom stereocenters. The summed E-state index contributed by atoms with van der Waals surface area (Å²) in [5, 5.41) is 13.3. The Kier molecular flexibility index (Phi) is 7.43. The topological polar surface area (TPSA) is 102 Å². The number of hydrogen-bond acceptors (Lipinski definition) is 6. The number of nitrogens with zero attached hydrogens (tertiary/aromatic N) is 2. The molecule has 0 spiro atoms. The molecule has 4 rings (SSSR count). The van der Waals surface area contributed by atoms with Gasteiger partial charge < -0.3 is 4.74 Å². The van der Waals surface area contributed by atoms with Crippen molar-refractivity contribution in [2.75, 3.05) is 4.90 Å². The molecule has 3 aromatic rings. The van der Waals surface area contributed by atoms with Crippen molar-refractivity contribution in [3.05, 3.63) is 103 Å². The predicted molar refractivity (Wildman–Crippen MR) is 139 cm³/mol. The molecule has 0 radical (unpaired) electrons. The Hall–Kier alpha value is -3.67. The monoisotopic (exact) mass is 589 g/mol. The fraction of sp³-hybridized carbons (Fsp3) is 0.0417. The zero-order valence-corrected chi connectivity index (χ0v) is 21.2. The van der Waals surface area contributed by atoms with Gasteiger partial charge in [-0.3, -0.25) is 25.0 Å². The number of carbonyl (C=O) groups is 2. The summed E-state index contributed by atoms with van der Waals surface area (Å²) in [5.74, 6) is -1.96. The molecule has 1 N–H and O–H groups in total. The first kappa shape index (κ1) is 25.4. The number of rotatable bonds is 6. The minimum Gasteiger partial charge on any atom is -0.486 e. The number of anilines is 1. The molecule has 1 aliphatic rings. The minimum atomic E-state index is -0.799. The summed E-state index contributed by atoms with van der Waals surface area (Å²) < 4.78 is 20.5. The van der Waals surface area contributed by atoms with Crippen molar-refractivity contribution in [2.24, 2.45) is 0 Å². The van der Waals surface area contributed by atoms with Crippen LogP contribution >= 0.6 is 39.7 Å². The normalized spacial score (nSPS) is 14.7. The van der Waals surface area contributed by atoms with E-state index in [1.807, 2.05) is 0 Å². The SMILES string of the molecule is O=C1NC(=S)N(c2ccccc2F)C(=O)/C1=C/c1cc(Cl)c(OCc2cccc([N+](=O)[O-])c2)c(Br)c1. The third-order valence-electron chi connectivity index (χ3n) is 5.03. The summed E-state index contributed by atoms with van der Waals surface area (Å²) in [4.78, 5) is 37.0. The Morgan fingerprint density at radius 1 is 1.17 bits per heavy atom. The van der Waals surface area contributed by atoms with Crippen LogP contribution in [0.2, 0.25) is 5.02 Å². The largest absolute Gasteiger partial charge is 0.486 e. The lowest BCUT2D eigenvalue weighted by Gasteiger charge is -2.29. The van der Waals surface area contributed by atoms with E-state index in [1.165, 1.54) is 48.5 Å². The smallest absolute Gasteiger partial charge is 0.270 e. The maximum atomic E-state index is 14.3. The van der Waals surface area contributed by atoms with E-state index >= 15 is 0 Å². The van der Waals surface area contributed by atoms with E-state index < -0.39 is 22.6 Å². The van der Waals surface area contributed by atoms with Gasteiger partial charge in [0.05, 0.1) is 20.1 Å². The zero-order chi connectivity index (χ0) is 26.0. The van der Waals surface area contributed by atoms with E-state index in [2.05, 4.69) is 21.2 Å². The first-order chi connectivity index (χ1) is 17.2. The Balaban J connectivity index is 1.60. The van der Waals surface area contributed by atoms with Crippen LogP contribution in [0.25, 0.3) is 6.08 Å². The molecule has 0 aromatic heterocycles. The molecule has 0 aliphatic carbocycles. The summed E-state index contributed by atoms with van der Waals surface area (Å²) in [6.07, 6.45) is 1.30. The van der Waals surface area contributed by atoms with Crippen molar-refractivity contribution < 1.29 is 23.6 Å². The molecule has 182 valence electrons. The summed E-state index contributed by atoms with van der Waals surface area (Å²) >= 11 is 14.8. The van der Waals surface area contributed by atoms with Crippen LogP contribution < -0.4 is 15.0 Å². The van der Waals surface area contributed by atoms with Crippen LogP contribution in [0.3, 0.4) is 0 Å². The Morgan fingerprint density at radius 3 is 2.61 bits per heavy atom. The summed E-state index contributed by atoms with van der Waals surface area (Å²) in [5.41, 5.74) is 0.506. The number of hydrogen-bond donors (Lipinski definition) is 1. The van der Waals surface area contributed by atoms with Gasteiger partial charge in [-0.25, -0.2) is 9.29 Å². The third-order valence-corrected chi connectivity index (χ3v) is 6.19. The minimum absolute atomic E-state index is 0.0103. The molecule has 1 saturated heterocycles. The lowest BCUT2D eigenvalue weighted by molar-refractivity contribution is -0.384. The highest BCUT2D eigenvalue weighted by Gasteiger charge is 2.35. The second-order valence-corrected chi connectivity index (χ2v) is 9.09. The molecular weight excluding hydrogens is 577 g/mol. The highest BCUT2D eigenvalue weighted by Crippen LogP contribution is 2.36. The van der Waals surface area contributed by atoms with Gasteiger partial charge in [0.15, 0.2) is 10.9 Å². The fourth-order valence-electron chi connectivity index (χ4n) is 3.39. The molecule has 8 nitrogen and oxygen atoms in total. The van der Waals surface area contributed by atoms with Crippen LogP contribution in [0.15, 0.2) is 70.7 Å². The van der Waals surface area contributed by atoms with Gasteiger partial charge in [0.2, 0.25) is 0 Å². The number of carbonyl (C=O) groups excluding carboxylic acids is 2. The lowest BCUT2D eigenvalue weighted by Crippen LogP contribution is -2.54. The van der Waals surface area contributed by atoms with Crippen LogP contribution in [0.1, 0.15) is 11.1 Å². The Morgan fingerprint density at radius 2 is 1.92 bits per heavy atom. The number of para-hydroxylation sites is 1. The van der Waals surface area contributed by atoms with Crippen LogP contribution in [0.4, 0.5) is 15.8 Å².